The minimum absolute atomic E-state index is 0.616. The maximum Gasteiger partial charge on any atom is 0.0315 e. The molecular weight excluding hydrogens is 136 g/mol. The van der Waals surface area contributed by atoms with Gasteiger partial charge in [0.15, 0.2) is 0 Å². The van der Waals surface area contributed by atoms with Crippen LogP contribution in [0.15, 0.2) is 18.5 Å². The predicted molar refractivity (Wildman–Crippen MR) is 44.2 cm³/mol. The Bertz CT molecular complexity index is 257. The van der Waals surface area contributed by atoms with Crippen molar-refractivity contribution in [2.45, 2.75) is 25.9 Å². The summed E-state index contributed by atoms with van der Waals surface area (Å²) in [6, 6.07) is 2.73. The second-order valence-corrected chi connectivity index (χ2v) is 3.13. The molecule has 1 aliphatic rings. The van der Waals surface area contributed by atoms with Crippen LogP contribution in [-0.4, -0.2) is 11.0 Å². The highest BCUT2D eigenvalue weighted by Crippen LogP contribution is 2.14. The van der Waals surface area contributed by atoms with Gasteiger partial charge in [-0.25, -0.2) is 0 Å². The molecule has 0 bridgehead atoms. The van der Waals surface area contributed by atoms with Crippen LogP contribution in [0.2, 0.25) is 0 Å². The van der Waals surface area contributed by atoms with Crippen molar-refractivity contribution in [1.82, 2.24) is 10.3 Å². The molecule has 0 saturated heterocycles. The van der Waals surface area contributed by atoms with Gasteiger partial charge in [-0.1, -0.05) is 0 Å². The Morgan fingerprint density at radius 2 is 2.45 bits per heavy atom. The van der Waals surface area contributed by atoms with E-state index in [2.05, 4.69) is 23.3 Å². The third kappa shape index (κ3) is 1.26. The van der Waals surface area contributed by atoms with Crippen molar-refractivity contribution in [2.75, 3.05) is 0 Å². The van der Waals surface area contributed by atoms with E-state index in [1.807, 2.05) is 12.4 Å². The Hall–Kier alpha value is -0.890. The zero-order chi connectivity index (χ0) is 7.68. The number of fused-ring (bicyclic) bond motifs is 1. The molecule has 0 saturated carbocycles. The molecule has 2 heterocycles. The van der Waals surface area contributed by atoms with Crippen molar-refractivity contribution in [3.8, 4) is 0 Å². The molecule has 1 N–H and O–H groups in total. The lowest BCUT2D eigenvalue weighted by molar-refractivity contribution is 0.512. The van der Waals surface area contributed by atoms with Crippen LogP contribution in [-0.2, 0) is 13.0 Å². The first-order valence-corrected chi connectivity index (χ1v) is 4.01. The summed E-state index contributed by atoms with van der Waals surface area (Å²) in [6.07, 6.45) is 4.96. The van der Waals surface area contributed by atoms with E-state index in [0.717, 1.165) is 13.0 Å². The molecular formula is C9H12N2. The Labute approximate surface area is 66.7 Å². The molecule has 58 valence electrons. The first kappa shape index (κ1) is 6.80. The van der Waals surface area contributed by atoms with Gasteiger partial charge >= 0.3 is 0 Å². The lowest BCUT2D eigenvalue weighted by Crippen LogP contribution is -2.32. The molecule has 1 aromatic heterocycles. The van der Waals surface area contributed by atoms with Crippen LogP contribution < -0.4 is 5.32 Å². The monoisotopic (exact) mass is 148 g/mol. The van der Waals surface area contributed by atoms with Gasteiger partial charge in [-0.15, -0.1) is 0 Å². The molecule has 11 heavy (non-hydrogen) atoms. The molecule has 1 aromatic rings. The Morgan fingerprint density at radius 3 is 3.36 bits per heavy atom. The molecule has 0 amide bonds. The second kappa shape index (κ2) is 2.62. The number of hydrogen-bond donors (Lipinski definition) is 1. The van der Waals surface area contributed by atoms with E-state index in [1.54, 1.807) is 0 Å². The first-order chi connectivity index (χ1) is 5.36. The summed E-state index contributed by atoms with van der Waals surface area (Å²) in [5, 5.41) is 3.40. The minimum atomic E-state index is 0.616. The minimum Gasteiger partial charge on any atom is -0.310 e. The summed E-state index contributed by atoms with van der Waals surface area (Å²) in [5.41, 5.74) is 2.80. The van der Waals surface area contributed by atoms with E-state index in [4.69, 9.17) is 0 Å². The number of nitrogens with zero attached hydrogens (tertiary/aromatic N) is 1. The Morgan fingerprint density at radius 1 is 1.55 bits per heavy atom. The van der Waals surface area contributed by atoms with E-state index < -0.39 is 0 Å². The molecule has 2 heteroatoms. The van der Waals surface area contributed by atoms with Crippen molar-refractivity contribution in [2.24, 2.45) is 0 Å². The van der Waals surface area contributed by atoms with Crippen LogP contribution in [0.4, 0.5) is 0 Å². The Balaban J connectivity index is 2.34. The predicted octanol–water partition coefficient (Wildman–Crippen LogP) is 1.12. The zero-order valence-corrected chi connectivity index (χ0v) is 6.67. The molecule has 0 spiro atoms. The number of rotatable bonds is 0. The molecule has 0 fully saturated rings. The van der Waals surface area contributed by atoms with Crippen molar-refractivity contribution in [3.05, 3.63) is 29.6 Å². The third-order valence-electron chi connectivity index (χ3n) is 2.17. The molecule has 0 aromatic carbocycles. The van der Waals surface area contributed by atoms with Crippen molar-refractivity contribution >= 4 is 0 Å². The van der Waals surface area contributed by atoms with E-state index in [0.29, 0.717) is 6.04 Å². The molecule has 1 aliphatic heterocycles. The summed E-state index contributed by atoms with van der Waals surface area (Å²) in [6.45, 7) is 3.19. The maximum absolute atomic E-state index is 4.08. The van der Waals surface area contributed by atoms with Gasteiger partial charge in [0.2, 0.25) is 0 Å². The van der Waals surface area contributed by atoms with Gasteiger partial charge in [-0.2, -0.15) is 0 Å². The van der Waals surface area contributed by atoms with Crippen molar-refractivity contribution in [3.63, 3.8) is 0 Å². The lowest BCUT2D eigenvalue weighted by Gasteiger charge is -2.22. The highest BCUT2D eigenvalue weighted by atomic mass is 14.9. The van der Waals surface area contributed by atoms with Gasteiger partial charge < -0.3 is 5.32 Å². The van der Waals surface area contributed by atoms with Gasteiger partial charge in [0.25, 0.3) is 0 Å². The number of hydrogen-bond acceptors (Lipinski definition) is 2. The molecule has 1 unspecified atom stereocenters. The lowest BCUT2D eigenvalue weighted by atomic mass is 9.99. The van der Waals surface area contributed by atoms with E-state index in [1.165, 1.54) is 11.1 Å². The van der Waals surface area contributed by atoms with Crippen LogP contribution in [0.25, 0.3) is 0 Å². The second-order valence-electron chi connectivity index (χ2n) is 3.13. The number of aromatic nitrogens is 1. The summed E-state index contributed by atoms with van der Waals surface area (Å²) in [4.78, 5) is 4.08. The van der Waals surface area contributed by atoms with Crippen molar-refractivity contribution < 1.29 is 0 Å². The molecule has 0 radical (unpaired) electrons. The highest BCUT2D eigenvalue weighted by molar-refractivity contribution is 5.26. The normalized spacial score (nSPS) is 22.8. The van der Waals surface area contributed by atoms with Gasteiger partial charge in [-0.05, 0) is 30.5 Å². The zero-order valence-electron chi connectivity index (χ0n) is 6.67. The standard InChI is InChI=1S/C9H12N2/c1-7-4-8-2-3-10-5-9(8)6-11-7/h2-3,5,7,11H,4,6H2,1H3. The molecule has 0 aliphatic carbocycles. The maximum atomic E-state index is 4.08. The van der Waals surface area contributed by atoms with E-state index in [-0.39, 0.29) is 0 Å². The average molecular weight is 148 g/mol. The van der Waals surface area contributed by atoms with Crippen LogP contribution >= 0.6 is 0 Å². The summed E-state index contributed by atoms with van der Waals surface area (Å²) >= 11 is 0. The van der Waals surface area contributed by atoms with Crippen molar-refractivity contribution in [1.29, 1.82) is 0 Å². The summed E-state index contributed by atoms with van der Waals surface area (Å²) in [5.74, 6) is 0. The van der Waals surface area contributed by atoms with E-state index >= 15 is 0 Å². The Kier molecular flexibility index (Phi) is 1.62. The molecule has 2 nitrogen and oxygen atoms in total. The largest absolute Gasteiger partial charge is 0.310 e. The summed E-state index contributed by atoms with van der Waals surface area (Å²) < 4.78 is 0. The SMILES string of the molecule is CC1Cc2ccncc2CN1. The number of pyridine rings is 1. The first-order valence-electron chi connectivity index (χ1n) is 4.01. The fraction of sp³-hybridized carbons (Fsp3) is 0.444. The van der Waals surface area contributed by atoms with E-state index in [9.17, 15) is 0 Å². The smallest absolute Gasteiger partial charge is 0.0315 e. The summed E-state index contributed by atoms with van der Waals surface area (Å²) in [7, 11) is 0. The fourth-order valence-corrected chi connectivity index (χ4v) is 1.50. The topological polar surface area (TPSA) is 24.9 Å². The molecule has 2 rings (SSSR count). The third-order valence-corrected chi connectivity index (χ3v) is 2.17. The fourth-order valence-electron chi connectivity index (χ4n) is 1.50. The van der Waals surface area contributed by atoms with Crippen LogP contribution in [0.3, 0.4) is 0 Å². The van der Waals surface area contributed by atoms with Gasteiger partial charge in [0, 0.05) is 25.0 Å². The van der Waals surface area contributed by atoms with Crippen LogP contribution in [0.1, 0.15) is 18.1 Å². The highest BCUT2D eigenvalue weighted by Gasteiger charge is 2.12. The van der Waals surface area contributed by atoms with Gasteiger partial charge in [-0.3, -0.25) is 4.98 Å². The van der Waals surface area contributed by atoms with Gasteiger partial charge in [0.1, 0.15) is 0 Å². The van der Waals surface area contributed by atoms with Crippen LogP contribution in [0.5, 0.6) is 0 Å². The quantitative estimate of drug-likeness (QED) is 0.596. The molecule has 1 atom stereocenters. The van der Waals surface area contributed by atoms with Crippen LogP contribution in [0, 0.1) is 0 Å². The average Bonchev–Trinajstić information content (AvgIpc) is 2.04. The number of nitrogens with one attached hydrogen (secondary N) is 1. The van der Waals surface area contributed by atoms with Gasteiger partial charge in [0.05, 0.1) is 0 Å².